The van der Waals surface area contributed by atoms with E-state index in [9.17, 15) is 13.2 Å². The molecule has 31 heavy (non-hydrogen) atoms. The number of methoxy groups -OCH3 is 1. The molecule has 5 N–H and O–H groups in total. The number of aromatic nitrogens is 2. The lowest BCUT2D eigenvalue weighted by molar-refractivity contribution is -0.192. The number of nitrogen functional groups attached to an aromatic ring is 1. The van der Waals surface area contributed by atoms with Crippen LogP contribution in [-0.2, 0) is 11.2 Å². The fourth-order valence-corrected chi connectivity index (χ4v) is 2.79. The second-order valence-electron chi connectivity index (χ2n) is 6.32. The number of nitrogens with two attached hydrogens (primary N) is 2. The lowest BCUT2D eigenvalue weighted by Crippen LogP contribution is -2.21. The van der Waals surface area contributed by atoms with Crippen molar-refractivity contribution in [3.05, 3.63) is 48.0 Å². The van der Waals surface area contributed by atoms with Crippen molar-refractivity contribution in [2.45, 2.75) is 12.6 Å². The van der Waals surface area contributed by atoms with Crippen molar-refractivity contribution in [1.29, 1.82) is 0 Å². The van der Waals surface area contributed by atoms with Crippen LogP contribution in [0.3, 0.4) is 0 Å². The smallest absolute Gasteiger partial charge is 0.490 e. The molecule has 11 heteroatoms. The molecule has 1 heterocycles. The number of rotatable bonds is 5. The standard InChI is InChI=1S/C18H21N5O.C2HF3O2/c1-23(13-6-8-14(24-2)9-7-13)17-16-12(10-11-19)4-3-5-15(16)21-18(20)22-17;3-2(4,5)1(6)7/h3-9H,10-11,19H2,1-2H3,(H2,20,21,22);(H,6,7). The number of halogens is 3. The molecule has 0 fully saturated rings. The van der Waals surface area contributed by atoms with Gasteiger partial charge in [-0.15, -0.1) is 0 Å². The van der Waals surface area contributed by atoms with E-state index in [2.05, 4.69) is 16.0 Å². The summed E-state index contributed by atoms with van der Waals surface area (Å²) >= 11 is 0. The highest BCUT2D eigenvalue weighted by molar-refractivity contribution is 5.95. The average molecular weight is 437 g/mol. The first-order valence-electron chi connectivity index (χ1n) is 9.01. The van der Waals surface area contributed by atoms with Crippen LogP contribution in [0.25, 0.3) is 10.9 Å². The molecule has 0 aliphatic rings. The molecule has 3 aromatic rings. The van der Waals surface area contributed by atoms with Crippen molar-refractivity contribution in [3.63, 3.8) is 0 Å². The third-order valence-electron chi connectivity index (χ3n) is 4.24. The van der Waals surface area contributed by atoms with Crippen molar-refractivity contribution in [2.75, 3.05) is 31.3 Å². The maximum atomic E-state index is 10.6. The molecule has 0 aliphatic carbocycles. The molecule has 1 aromatic heterocycles. The van der Waals surface area contributed by atoms with Crippen LogP contribution >= 0.6 is 0 Å². The number of aliphatic carboxylic acids is 1. The predicted octanol–water partition coefficient (Wildman–Crippen LogP) is 3.12. The Morgan fingerprint density at radius 1 is 1.16 bits per heavy atom. The summed E-state index contributed by atoms with van der Waals surface area (Å²) < 4.78 is 37.0. The van der Waals surface area contributed by atoms with E-state index in [4.69, 9.17) is 26.1 Å². The zero-order valence-corrected chi connectivity index (χ0v) is 16.8. The van der Waals surface area contributed by atoms with Gasteiger partial charge in [0.05, 0.1) is 12.6 Å². The minimum atomic E-state index is -5.08. The second-order valence-corrected chi connectivity index (χ2v) is 6.32. The maximum Gasteiger partial charge on any atom is 0.490 e. The Labute approximate surface area is 176 Å². The molecule has 0 radical (unpaired) electrons. The van der Waals surface area contributed by atoms with Gasteiger partial charge in [0.25, 0.3) is 0 Å². The van der Waals surface area contributed by atoms with E-state index in [1.54, 1.807) is 7.11 Å². The van der Waals surface area contributed by atoms with E-state index < -0.39 is 12.1 Å². The lowest BCUT2D eigenvalue weighted by atomic mass is 10.1. The molecule has 0 saturated heterocycles. The van der Waals surface area contributed by atoms with Crippen LogP contribution < -0.4 is 21.1 Å². The number of carboxylic acid groups (broad SMARTS) is 1. The fraction of sp³-hybridized carbons (Fsp3) is 0.250. The van der Waals surface area contributed by atoms with E-state index in [1.165, 1.54) is 0 Å². The Morgan fingerprint density at radius 3 is 2.29 bits per heavy atom. The molecule has 0 atom stereocenters. The van der Waals surface area contributed by atoms with Gasteiger partial charge >= 0.3 is 12.1 Å². The fourth-order valence-electron chi connectivity index (χ4n) is 2.79. The van der Waals surface area contributed by atoms with Gasteiger partial charge in [-0.3, -0.25) is 0 Å². The first-order chi connectivity index (χ1) is 14.6. The average Bonchev–Trinajstić information content (AvgIpc) is 2.72. The number of anilines is 3. The van der Waals surface area contributed by atoms with Crippen LogP contribution in [0.4, 0.5) is 30.6 Å². The zero-order valence-electron chi connectivity index (χ0n) is 16.8. The van der Waals surface area contributed by atoms with Crippen LogP contribution in [-0.4, -0.2) is 47.9 Å². The molecule has 3 rings (SSSR count). The first kappa shape index (κ1) is 23.7. The minimum Gasteiger partial charge on any atom is -0.497 e. The van der Waals surface area contributed by atoms with E-state index >= 15 is 0 Å². The molecule has 0 saturated carbocycles. The monoisotopic (exact) mass is 437 g/mol. The lowest BCUT2D eigenvalue weighted by Gasteiger charge is -2.22. The van der Waals surface area contributed by atoms with Crippen LogP contribution in [0.2, 0.25) is 0 Å². The van der Waals surface area contributed by atoms with Crippen LogP contribution in [0, 0.1) is 0 Å². The second kappa shape index (κ2) is 9.94. The van der Waals surface area contributed by atoms with Gasteiger partial charge in [0.2, 0.25) is 5.95 Å². The quantitative estimate of drug-likeness (QED) is 0.556. The van der Waals surface area contributed by atoms with Gasteiger partial charge in [0.1, 0.15) is 11.6 Å². The van der Waals surface area contributed by atoms with Crippen molar-refractivity contribution >= 4 is 34.3 Å². The number of carboxylic acids is 1. The van der Waals surface area contributed by atoms with Crippen molar-refractivity contribution in [3.8, 4) is 5.75 Å². The Morgan fingerprint density at radius 2 is 1.77 bits per heavy atom. The van der Waals surface area contributed by atoms with Crippen LogP contribution in [0.1, 0.15) is 5.56 Å². The van der Waals surface area contributed by atoms with Crippen molar-refractivity contribution in [1.82, 2.24) is 9.97 Å². The predicted molar refractivity (Wildman–Crippen MR) is 111 cm³/mol. The molecule has 0 aliphatic heterocycles. The highest BCUT2D eigenvalue weighted by Crippen LogP contribution is 2.32. The summed E-state index contributed by atoms with van der Waals surface area (Å²) in [4.78, 5) is 19.7. The molecule has 8 nitrogen and oxygen atoms in total. The summed E-state index contributed by atoms with van der Waals surface area (Å²) in [5.41, 5.74) is 14.6. The van der Waals surface area contributed by atoms with Crippen LogP contribution in [0.5, 0.6) is 5.75 Å². The van der Waals surface area contributed by atoms with Gasteiger partial charge in [-0.2, -0.15) is 18.2 Å². The molecular formula is C20H22F3N5O3. The van der Waals surface area contributed by atoms with Crippen molar-refractivity contribution in [2.24, 2.45) is 5.73 Å². The Kier molecular flexibility index (Phi) is 7.59. The third-order valence-corrected chi connectivity index (χ3v) is 4.24. The molecule has 0 unspecified atom stereocenters. The number of alkyl halides is 3. The van der Waals surface area contributed by atoms with E-state index in [-0.39, 0.29) is 5.95 Å². The number of ether oxygens (including phenoxy) is 1. The normalized spacial score (nSPS) is 10.9. The number of carbonyl (C=O) groups is 1. The van der Waals surface area contributed by atoms with Gasteiger partial charge in [0, 0.05) is 18.1 Å². The third kappa shape index (κ3) is 5.95. The number of hydrogen-bond acceptors (Lipinski definition) is 7. The van der Waals surface area contributed by atoms with Gasteiger partial charge in [-0.25, -0.2) is 9.78 Å². The summed E-state index contributed by atoms with van der Waals surface area (Å²) in [6.07, 6.45) is -4.33. The SMILES string of the molecule is COc1ccc(N(C)c2nc(N)nc3cccc(CCN)c23)cc1.O=C(O)C(F)(F)F. The summed E-state index contributed by atoms with van der Waals surface area (Å²) in [6.45, 7) is 0.565. The van der Waals surface area contributed by atoms with Gasteiger partial charge in [-0.1, -0.05) is 12.1 Å². The summed E-state index contributed by atoms with van der Waals surface area (Å²) in [7, 11) is 3.61. The topological polar surface area (TPSA) is 128 Å². The first-order valence-corrected chi connectivity index (χ1v) is 9.01. The minimum absolute atomic E-state index is 0.253. The van der Waals surface area contributed by atoms with Gasteiger partial charge in [0.15, 0.2) is 0 Å². The van der Waals surface area contributed by atoms with Gasteiger partial charge in [-0.05, 0) is 48.9 Å². The molecule has 2 aromatic carbocycles. The Balaban J connectivity index is 0.000000423. The number of benzene rings is 2. The van der Waals surface area contributed by atoms with E-state index in [0.29, 0.717) is 6.54 Å². The molecule has 0 bridgehead atoms. The summed E-state index contributed by atoms with van der Waals surface area (Å²) in [6, 6.07) is 13.8. The number of nitrogens with zero attached hydrogens (tertiary/aromatic N) is 3. The molecular weight excluding hydrogens is 415 g/mol. The van der Waals surface area contributed by atoms with Crippen LogP contribution in [0.15, 0.2) is 42.5 Å². The molecule has 0 spiro atoms. The highest BCUT2D eigenvalue weighted by Gasteiger charge is 2.38. The Hall–Kier alpha value is -3.60. The number of hydrogen-bond donors (Lipinski definition) is 3. The van der Waals surface area contributed by atoms with E-state index in [0.717, 1.165) is 40.1 Å². The van der Waals surface area contributed by atoms with E-state index in [1.807, 2.05) is 48.3 Å². The summed E-state index contributed by atoms with van der Waals surface area (Å²) in [5, 5.41) is 8.11. The molecule has 0 amide bonds. The maximum absolute atomic E-state index is 10.6. The van der Waals surface area contributed by atoms with Crippen molar-refractivity contribution < 1.29 is 27.8 Å². The number of fused-ring (bicyclic) bond motifs is 1. The largest absolute Gasteiger partial charge is 0.497 e. The summed E-state index contributed by atoms with van der Waals surface area (Å²) in [5.74, 6) is -0.926. The Bertz CT molecular complexity index is 1040. The molecule has 166 valence electrons. The van der Waals surface area contributed by atoms with Gasteiger partial charge < -0.3 is 26.2 Å². The zero-order chi connectivity index (χ0) is 23.2. The highest BCUT2D eigenvalue weighted by atomic mass is 19.4.